The second kappa shape index (κ2) is 6.89. The molecule has 1 saturated carbocycles. The molecule has 2 N–H and O–H groups in total. The molecule has 0 bridgehead atoms. The Bertz CT molecular complexity index is 799. The number of fused-ring (bicyclic) bond motifs is 2. The number of aromatic amines is 1. The molecule has 4 rings (SSSR count). The molecule has 5 heteroatoms. The maximum Gasteiger partial charge on any atom is 0.152 e. The average Bonchev–Trinajstić information content (AvgIpc) is 3.05. The Balaban J connectivity index is 1.52. The first-order valence-corrected chi connectivity index (χ1v) is 9.24. The minimum Gasteiger partial charge on any atom is -0.509 e. The minimum absolute atomic E-state index is 0.121. The number of hydrogen-bond donors (Lipinski definition) is 2. The summed E-state index contributed by atoms with van der Waals surface area (Å²) in [6.45, 7) is 2.47. The summed E-state index contributed by atoms with van der Waals surface area (Å²) in [5, 5.41) is 20.1. The molecule has 1 aromatic carbocycles. The number of para-hydroxylation sites is 2. The Kier molecular flexibility index (Phi) is 4.46. The molecular weight excluding hydrogens is 312 g/mol. The average molecular weight is 336 g/mol. The number of piperidine rings is 1. The summed E-state index contributed by atoms with van der Waals surface area (Å²) in [6, 6.07) is 9.79. The molecule has 1 saturated heterocycles. The van der Waals surface area contributed by atoms with Gasteiger partial charge in [-0.2, -0.15) is 5.26 Å². The van der Waals surface area contributed by atoms with E-state index < -0.39 is 0 Å². The van der Waals surface area contributed by atoms with Gasteiger partial charge in [0.1, 0.15) is 17.4 Å². The van der Waals surface area contributed by atoms with Crippen LogP contribution in [0.15, 0.2) is 30.0 Å². The number of nitrogens with zero attached hydrogens (tertiary/aromatic N) is 3. The standard InChI is InChI=1S/C20H24N4O/c21-11-16(20-22-17-7-3-4-8-18(17)23-20)19(25)13-24-10-9-14-5-1-2-6-15(14)12-24/h3-4,7-8,14-15,25H,1-2,5-6,9-10,12-13H2,(H,22,23)/b19-16-/t14-,15+/m0/s1. The summed E-state index contributed by atoms with van der Waals surface area (Å²) < 4.78 is 0. The normalized spacial score (nSPS) is 25.2. The van der Waals surface area contributed by atoms with Crippen molar-refractivity contribution in [2.45, 2.75) is 32.1 Å². The lowest BCUT2D eigenvalue weighted by Crippen LogP contribution is -2.42. The number of rotatable bonds is 3. The molecule has 2 heterocycles. The molecular formula is C20H24N4O. The van der Waals surface area contributed by atoms with Crippen LogP contribution < -0.4 is 0 Å². The number of imidazole rings is 1. The number of aromatic nitrogens is 2. The van der Waals surface area contributed by atoms with Crippen LogP contribution >= 0.6 is 0 Å². The molecule has 0 amide bonds. The quantitative estimate of drug-likeness (QED) is 0.659. The van der Waals surface area contributed by atoms with E-state index in [9.17, 15) is 10.4 Å². The third kappa shape index (κ3) is 3.27. The smallest absolute Gasteiger partial charge is 0.152 e. The maximum atomic E-state index is 10.6. The van der Waals surface area contributed by atoms with E-state index in [0.29, 0.717) is 12.4 Å². The van der Waals surface area contributed by atoms with Crippen molar-refractivity contribution in [1.82, 2.24) is 14.9 Å². The molecule has 1 aliphatic heterocycles. The molecule has 1 aromatic heterocycles. The first-order chi connectivity index (χ1) is 12.2. The first-order valence-electron chi connectivity index (χ1n) is 9.24. The fourth-order valence-corrected chi connectivity index (χ4v) is 4.44. The predicted molar refractivity (Wildman–Crippen MR) is 97.8 cm³/mol. The largest absolute Gasteiger partial charge is 0.509 e. The molecule has 2 fully saturated rings. The van der Waals surface area contributed by atoms with E-state index >= 15 is 0 Å². The number of nitriles is 1. The van der Waals surface area contributed by atoms with Crippen LogP contribution in [0.5, 0.6) is 0 Å². The fourth-order valence-electron chi connectivity index (χ4n) is 4.44. The van der Waals surface area contributed by atoms with Gasteiger partial charge in [-0.05, 0) is 43.4 Å². The number of likely N-dealkylation sites (tertiary alicyclic amines) is 1. The van der Waals surface area contributed by atoms with E-state index in [1.807, 2.05) is 24.3 Å². The van der Waals surface area contributed by atoms with E-state index in [1.165, 1.54) is 32.1 Å². The van der Waals surface area contributed by atoms with Gasteiger partial charge in [0.25, 0.3) is 0 Å². The highest BCUT2D eigenvalue weighted by atomic mass is 16.3. The summed E-state index contributed by atoms with van der Waals surface area (Å²) >= 11 is 0. The SMILES string of the molecule is N#C/C(=C(/O)CN1CC[C@@H]2CCCC[C@@H]2C1)c1nc2ccccc2[nH]1. The van der Waals surface area contributed by atoms with Crippen LogP contribution in [-0.4, -0.2) is 39.6 Å². The monoisotopic (exact) mass is 336 g/mol. The molecule has 1 aliphatic carbocycles. The van der Waals surface area contributed by atoms with Crippen molar-refractivity contribution in [3.8, 4) is 6.07 Å². The van der Waals surface area contributed by atoms with Crippen molar-refractivity contribution in [1.29, 1.82) is 5.26 Å². The van der Waals surface area contributed by atoms with Gasteiger partial charge in [0.2, 0.25) is 0 Å². The van der Waals surface area contributed by atoms with Crippen molar-refractivity contribution in [3.05, 3.63) is 35.8 Å². The van der Waals surface area contributed by atoms with Crippen LogP contribution in [0.4, 0.5) is 0 Å². The van der Waals surface area contributed by atoms with Gasteiger partial charge in [-0.1, -0.05) is 31.4 Å². The van der Waals surface area contributed by atoms with Crippen LogP contribution in [0, 0.1) is 23.2 Å². The second-order valence-electron chi connectivity index (χ2n) is 7.36. The Morgan fingerprint density at radius 3 is 2.84 bits per heavy atom. The van der Waals surface area contributed by atoms with Crippen molar-refractivity contribution in [2.24, 2.45) is 11.8 Å². The Labute approximate surface area is 148 Å². The van der Waals surface area contributed by atoms with Gasteiger partial charge in [-0.15, -0.1) is 0 Å². The van der Waals surface area contributed by atoms with Crippen LogP contribution in [0.3, 0.4) is 0 Å². The number of benzene rings is 1. The highest BCUT2D eigenvalue weighted by Gasteiger charge is 2.31. The van der Waals surface area contributed by atoms with E-state index in [-0.39, 0.29) is 11.3 Å². The summed E-state index contributed by atoms with van der Waals surface area (Å²) in [5.41, 5.74) is 1.93. The van der Waals surface area contributed by atoms with Crippen LogP contribution in [-0.2, 0) is 0 Å². The molecule has 2 aromatic rings. The molecule has 0 spiro atoms. The molecule has 0 radical (unpaired) electrons. The second-order valence-corrected chi connectivity index (χ2v) is 7.36. The number of H-pyrrole nitrogens is 1. The number of aliphatic hydroxyl groups excluding tert-OH is 1. The zero-order chi connectivity index (χ0) is 17.2. The van der Waals surface area contributed by atoms with Gasteiger partial charge in [-0.25, -0.2) is 4.98 Å². The fraction of sp³-hybridized carbons (Fsp3) is 0.500. The maximum absolute atomic E-state index is 10.6. The number of hydrogen-bond acceptors (Lipinski definition) is 4. The Morgan fingerprint density at radius 1 is 1.24 bits per heavy atom. The highest BCUT2D eigenvalue weighted by Crippen LogP contribution is 2.36. The Morgan fingerprint density at radius 2 is 2.04 bits per heavy atom. The van der Waals surface area contributed by atoms with Crippen LogP contribution in [0.1, 0.15) is 37.9 Å². The molecule has 130 valence electrons. The van der Waals surface area contributed by atoms with Crippen molar-refractivity contribution in [2.75, 3.05) is 19.6 Å². The van der Waals surface area contributed by atoms with E-state index in [2.05, 4.69) is 20.9 Å². The lowest BCUT2D eigenvalue weighted by molar-refractivity contribution is 0.0862. The van der Waals surface area contributed by atoms with Gasteiger partial charge < -0.3 is 10.1 Å². The number of aliphatic hydroxyl groups is 1. The predicted octanol–water partition coefficient (Wildman–Crippen LogP) is 3.87. The lowest BCUT2D eigenvalue weighted by Gasteiger charge is -2.41. The zero-order valence-electron chi connectivity index (χ0n) is 14.4. The molecule has 25 heavy (non-hydrogen) atoms. The molecule has 0 unspecified atom stereocenters. The van der Waals surface area contributed by atoms with Crippen molar-refractivity contribution in [3.63, 3.8) is 0 Å². The summed E-state index contributed by atoms with van der Waals surface area (Å²) in [4.78, 5) is 9.88. The topological polar surface area (TPSA) is 75.9 Å². The third-order valence-corrected chi connectivity index (χ3v) is 5.78. The molecule has 2 atom stereocenters. The summed E-state index contributed by atoms with van der Waals surface area (Å²) in [7, 11) is 0. The van der Waals surface area contributed by atoms with Crippen LogP contribution in [0.25, 0.3) is 16.6 Å². The number of allylic oxidation sites excluding steroid dienone is 1. The van der Waals surface area contributed by atoms with E-state index in [1.54, 1.807) is 0 Å². The van der Waals surface area contributed by atoms with Gasteiger partial charge in [0.15, 0.2) is 5.82 Å². The number of nitrogens with one attached hydrogen (secondary N) is 1. The minimum atomic E-state index is 0.121. The van der Waals surface area contributed by atoms with Gasteiger partial charge >= 0.3 is 0 Å². The molecule has 2 aliphatic rings. The Hall–Kier alpha value is -2.32. The molecule has 5 nitrogen and oxygen atoms in total. The van der Waals surface area contributed by atoms with Gasteiger partial charge in [-0.3, -0.25) is 4.90 Å². The van der Waals surface area contributed by atoms with Gasteiger partial charge in [0.05, 0.1) is 17.6 Å². The first kappa shape index (κ1) is 16.2. The highest BCUT2D eigenvalue weighted by molar-refractivity contribution is 5.82. The third-order valence-electron chi connectivity index (χ3n) is 5.78. The van der Waals surface area contributed by atoms with Crippen LogP contribution in [0.2, 0.25) is 0 Å². The van der Waals surface area contributed by atoms with Gasteiger partial charge in [0, 0.05) is 6.54 Å². The lowest BCUT2D eigenvalue weighted by atomic mass is 9.75. The summed E-state index contributed by atoms with van der Waals surface area (Å²) in [5.74, 6) is 2.19. The van der Waals surface area contributed by atoms with Crippen molar-refractivity contribution >= 4 is 16.6 Å². The zero-order valence-corrected chi connectivity index (χ0v) is 14.4. The van der Waals surface area contributed by atoms with Crippen molar-refractivity contribution < 1.29 is 5.11 Å². The van der Waals surface area contributed by atoms with E-state index in [0.717, 1.165) is 36.0 Å². The van der Waals surface area contributed by atoms with E-state index in [4.69, 9.17) is 0 Å². The summed E-state index contributed by atoms with van der Waals surface area (Å²) in [6.07, 6.45) is 6.59.